The molecule has 2 aliphatic rings. The highest BCUT2D eigenvalue weighted by molar-refractivity contribution is 7.80. The molecule has 0 aromatic heterocycles. The summed E-state index contributed by atoms with van der Waals surface area (Å²) in [6.45, 7) is 3.45. The normalized spacial score (nSPS) is 21.3. The van der Waals surface area contributed by atoms with Crippen LogP contribution in [0.3, 0.4) is 0 Å². The molecule has 1 saturated carbocycles. The van der Waals surface area contributed by atoms with Crippen molar-refractivity contribution in [3.05, 3.63) is 24.3 Å². The topological polar surface area (TPSA) is 6.48 Å². The molecule has 1 heterocycles. The van der Waals surface area contributed by atoms with Gasteiger partial charge < -0.3 is 9.80 Å². The second kappa shape index (κ2) is 4.13. The highest BCUT2D eigenvalue weighted by atomic mass is 32.1. The standard InChI is InChI=1S/C14H20N2S/c1-15-8-9-16(10-14(11-17)6-7-14)13-5-3-2-4-12(13)15/h2-5,17H,6-11H2,1H3. The molecule has 3 rings (SSSR count). The largest absolute Gasteiger partial charge is 0.371 e. The molecule has 0 bridgehead atoms. The van der Waals surface area contributed by atoms with E-state index in [1.165, 1.54) is 30.8 Å². The molecule has 0 unspecified atom stereocenters. The number of para-hydroxylation sites is 2. The van der Waals surface area contributed by atoms with Gasteiger partial charge in [-0.3, -0.25) is 0 Å². The van der Waals surface area contributed by atoms with Crippen LogP contribution in [0.15, 0.2) is 24.3 Å². The number of hydrogen-bond acceptors (Lipinski definition) is 3. The van der Waals surface area contributed by atoms with Crippen LogP contribution in [0.25, 0.3) is 0 Å². The van der Waals surface area contributed by atoms with Crippen molar-refractivity contribution in [2.24, 2.45) is 5.41 Å². The van der Waals surface area contributed by atoms with Crippen molar-refractivity contribution >= 4 is 24.0 Å². The van der Waals surface area contributed by atoms with E-state index in [4.69, 9.17) is 0 Å². The summed E-state index contributed by atoms with van der Waals surface area (Å²) in [6, 6.07) is 8.75. The van der Waals surface area contributed by atoms with E-state index in [9.17, 15) is 0 Å². The first kappa shape index (κ1) is 11.3. The second-order valence-corrected chi connectivity index (χ2v) is 5.81. The monoisotopic (exact) mass is 248 g/mol. The molecule has 1 aliphatic heterocycles. The lowest BCUT2D eigenvalue weighted by Crippen LogP contribution is -2.42. The minimum Gasteiger partial charge on any atom is -0.371 e. The zero-order valence-corrected chi connectivity index (χ0v) is 11.3. The summed E-state index contributed by atoms with van der Waals surface area (Å²) >= 11 is 4.51. The highest BCUT2D eigenvalue weighted by Crippen LogP contribution is 2.48. The predicted molar refractivity (Wildman–Crippen MR) is 77.4 cm³/mol. The minimum absolute atomic E-state index is 0.506. The zero-order valence-electron chi connectivity index (χ0n) is 10.4. The molecule has 0 saturated heterocycles. The quantitative estimate of drug-likeness (QED) is 0.822. The predicted octanol–water partition coefficient (Wildman–Crippen LogP) is 2.65. The van der Waals surface area contributed by atoms with E-state index in [1.54, 1.807) is 0 Å². The van der Waals surface area contributed by atoms with Crippen LogP contribution in [0.5, 0.6) is 0 Å². The number of hydrogen-bond donors (Lipinski definition) is 1. The van der Waals surface area contributed by atoms with Crippen LogP contribution in [0.4, 0.5) is 11.4 Å². The van der Waals surface area contributed by atoms with Crippen LogP contribution < -0.4 is 9.80 Å². The molecular formula is C14H20N2S. The van der Waals surface area contributed by atoms with Gasteiger partial charge in [-0.15, -0.1) is 0 Å². The van der Waals surface area contributed by atoms with Crippen molar-refractivity contribution in [1.82, 2.24) is 0 Å². The summed E-state index contributed by atoms with van der Waals surface area (Å²) in [4.78, 5) is 4.91. The Morgan fingerprint density at radius 1 is 1.18 bits per heavy atom. The van der Waals surface area contributed by atoms with Gasteiger partial charge in [0.15, 0.2) is 0 Å². The van der Waals surface area contributed by atoms with Gasteiger partial charge in [-0.25, -0.2) is 0 Å². The molecule has 0 spiro atoms. The van der Waals surface area contributed by atoms with E-state index < -0.39 is 0 Å². The number of rotatable bonds is 3. The second-order valence-electron chi connectivity index (χ2n) is 5.49. The number of anilines is 2. The molecule has 1 fully saturated rings. The van der Waals surface area contributed by atoms with Crippen LogP contribution in [0.1, 0.15) is 12.8 Å². The van der Waals surface area contributed by atoms with Gasteiger partial charge in [-0.05, 0) is 36.1 Å². The first-order valence-corrected chi connectivity index (χ1v) is 7.03. The van der Waals surface area contributed by atoms with Crippen molar-refractivity contribution in [2.75, 3.05) is 42.2 Å². The number of benzene rings is 1. The summed E-state index contributed by atoms with van der Waals surface area (Å²) in [5.74, 6) is 1.03. The van der Waals surface area contributed by atoms with Crippen LogP contribution >= 0.6 is 12.6 Å². The lowest BCUT2D eigenvalue weighted by molar-refractivity contribution is 0.553. The third-order valence-electron chi connectivity index (χ3n) is 4.16. The lowest BCUT2D eigenvalue weighted by Gasteiger charge is -2.38. The average molecular weight is 248 g/mol. The first-order chi connectivity index (χ1) is 8.24. The maximum absolute atomic E-state index is 4.51. The summed E-state index contributed by atoms with van der Waals surface area (Å²) < 4.78 is 0. The highest BCUT2D eigenvalue weighted by Gasteiger charge is 2.43. The minimum atomic E-state index is 0.506. The zero-order chi connectivity index (χ0) is 11.9. The van der Waals surface area contributed by atoms with Crippen molar-refractivity contribution in [3.63, 3.8) is 0 Å². The SMILES string of the molecule is CN1CCN(CC2(CS)CC2)c2ccccc21. The Morgan fingerprint density at radius 2 is 1.88 bits per heavy atom. The fourth-order valence-electron chi connectivity index (χ4n) is 2.68. The van der Waals surface area contributed by atoms with E-state index in [0.717, 1.165) is 18.8 Å². The van der Waals surface area contributed by atoms with E-state index in [1.807, 2.05) is 0 Å². The molecule has 0 amide bonds. The molecule has 0 radical (unpaired) electrons. The van der Waals surface area contributed by atoms with Gasteiger partial charge in [0.05, 0.1) is 11.4 Å². The molecule has 2 nitrogen and oxygen atoms in total. The van der Waals surface area contributed by atoms with Crippen LogP contribution in [-0.4, -0.2) is 32.4 Å². The Balaban J connectivity index is 1.85. The van der Waals surface area contributed by atoms with Crippen LogP contribution in [0.2, 0.25) is 0 Å². The van der Waals surface area contributed by atoms with Crippen LogP contribution in [0, 0.1) is 5.41 Å². The van der Waals surface area contributed by atoms with Gasteiger partial charge in [0.25, 0.3) is 0 Å². The van der Waals surface area contributed by atoms with Gasteiger partial charge >= 0.3 is 0 Å². The van der Waals surface area contributed by atoms with Crippen molar-refractivity contribution in [2.45, 2.75) is 12.8 Å². The van der Waals surface area contributed by atoms with Crippen molar-refractivity contribution in [3.8, 4) is 0 Å². The molecule has 17 heavy (non-hydrogen) atoms. The Morgan fingerprint density at radius 3 is 2.53 bits per heavy atom. The number of likely N-dealkylation sites (N-methyl/N-ethyl adjacent to an activating group) is 1. The third kappa shape index (κ3) is 2.01. The number of fused-ring (bicyclic) bond motifs is 1. The summed E-state index contributed by atoms with van der Waals surface area (Å²) in [6.07, 6.45) is 2.70. The maximum atomic E-state index is 4.51. The van der Waals surface area contributed by atoms with Crippen molar-refractivity contribution < 1.29 is 0 Å². The third-order valence-corrected chi connectivity index (χ3v) is 4.83. The molecular weight excluding hydrogens is 228 g/mol. The van der Waals surface area contributed by atoms with Gasteiger partial charge in [0.1, 0.15) is 0 Å². The Kier molecular flexibility index (Phi) is 2.74. The van der Waals surface area contributed by atoms with E-state index >= 15 is 0 Å². The van der Waals surface area contributed by atoms with E-state index in [2.05, 4.69) is 53.7 Å². The van der Waals surface area contributed by atoms with Gasteiger partial charge in [0.2, 0.25) is 0 Å². The molecule has 0 atom stereocenters. The fraction of sp³-hybridized carbons (Fsp3) is 0.571. The summed E-state index contributed by atoms with van der Waals surface area (Å²) in [5, 5.41) is 0. The molecule has 1 aromatic carbocycles. The number of nitrogens with zero attached hydrogens (tertiary/aromatic N) is 2. The Labute approximate surface area is 109 Å². The molecule has 92 valence electrons. The smallest absolute Gasteiger partial charge is 0.0604 e. The molecule has 3 heteroatoms. The fourth-order valence-corrected chi connectivity index (χ4v) is 3.09. The number of thiol groups is 1. The first-order valence-electron chi connectivity index (χ1n) is 6.40. The van der Waals surface area contributed by atoms with Gasteiger partial charge in [-0.1, -0.05) is 12.1 Å². The average Bonchev–Trinajstić information content (AvgIpc) is 3.14. The van der Waals surface area contributed by atoms with Gasteiger partial charge in [0, 0.05) is 26.7 Å². The molecule has 1 aromatic rings. The maximum Gasteiger partial charge on any atom is 0.0604 e. The van der Waals surface area contributed by atoms with E-state index in [-0.39, 0.29) is 0 Å². The molecule has 1 aliphatic carbocycles. The van der Waals surface area contributed by atoms with E-state index in [0.29, 0.717) is 5.41 Å². The Bertz CT molecular complexity index is 414. The van der Waals surface area contributed by atoms with Crippen molar-refractivity contribution in [1.29, 1.82) is 0 Å². The molecule has 0 N–H and O–H groups in total. The van der Waals surface area contributed by atoms with Crippen LogP contribution in [-0.2, 0) is 0 Å². The summed E-state index contributed by atoms with van der Waals surface area (Å²) in [7, 11) is 2.18. The van der Waals surface area contributed by atoms with Gasteiger partial charge in [-0.2, -0.15) is 12.6 Å². The summed E-state index contributed by atoms with van der Waals surface area (Å²) in [5.41, 5.74) is 3.27. The Hall–Kier alpha value is -0.830. The lowest BCUT2D eigenvalue weighted by atomic mass is 10.1.